The van der Waals surface area contributed by atoms with Crippen molar-refractivity contribution in [1.29, 1.82) is 0 Å². The second-order valence-electron chi connectivity index (χ2n) is 7.44. The largest absolute Gasteiger partial charge is 0.491 e. The van der Waals surface area contributed by atoms with Crippen LogP contribution in [-0.2, 0) is 4.74 Å². The smallest absolute Gasteiger partial charge is 0.337 e. The number of fused-ring (bicyclic) bond motifs is 1. The molecule has 7 nitrogen and oxygen atoms in total. The molecule has 0 aliphatic rings. The van der Waals surface area contributed by atoms with Gasteiger partial charge in [-0.2, -0.15) is 0 Å². The van der Waals surface area contributed by atoms with Crippen LogP contribution >= 0.6 is 0 Å². The number of anilines is 1. The van der Waals surface area contributed by atoms with Crippen molar-refractivity contribution in [1.82, 2.24) is 0 Å². The van der Waals surface area contributed by atoms with Gasteiger partial charge in [-0.25, -0.2) is 4.79 Å². The first-order valence-corrected chi connectivity index (χ1v) is 10.6. The van der Waals surface area contributed by atoms with Crippen LogP contribution in [0.4, 0.5) is 5.69 Å². The van der Waals surface area contributed by atoms with Gasteiger partial charge in [-0.05, 0) is 71.4 Å². The molecule has 0 bridgehead atoms. The van der Waals surface area contributed by atoms with Gasteiger partial charge in [-0.1, -0.05) is 24.3 Å². The van der Waals surface area contributed by atoms with Crippen molar-refractivity contribution in [2.24, 2.45) is 0 Å². The lowest BCUT2D eigenvalue weighted by Gasteiger charge is -2.10. The number of rotatable bonds is 9. The zero-order chi connectivity index (χ0) is 23.9. The second kappa shape index (κ2) is 10.5. The number of para-hydroxylation sites is 1. The molecule has 0 fully saturated rings. The summed E-state index contributed by atoms with van der Waals surface area (Å²) in [6.07, 6.45) is 0. The van der Waals surface area contributed by atoms with Crippen molar-refractivity contribution in [3.05, 3.63) is 96.1 Å². The third-order valence-corrected chi connectivity index (χ3v) is 5.10. The van der Waals surface area contributed by atoms with Gasteiger partial charge < -0.3 is 24.6 Å². The quantitative estimate of drug-likeness (QED) is 0.318. The average molecular weight is 457 g/mol. The lowest BCUT2D eigenvalue weighted by atomic mass is 10.1. The summed E-state index contributed by atoms with van der Waals surface area (Å²) in [7, 11) is 1.63. The average Bonchev–Trinajstić information content (AvgIpc) is 2.85. The number of hydrogen-bond acceptors (Lipinski definition) is 5. The minimum Gasteiger partial charge on any atom is -0.491 e. The molecule has 7 heteroatoms. The zero-order valence-electron chi connectivity index (χ0n) is 18.5. The summed E-state index contributed by atoms with van der Waals surface area (Å²) < 4.78 is 16.6. The van der Waals surface area contributed by atoms with E-state index < -0.39 is 11.9 Å². The summed E-state index contributed by atoms with van der Waals surface area (Å²) >= 11 is 0. The Hall–Kier alpha value is -4.36. The number of nitrogens with one attached hydrogen (secondary N) is 1. The van der Waals surface area contributed by atoms with E-state index in [1.54, 1.807) is 49.6 Å². The summed E-state index contributed by atoms with van der Waals surface area (Å²) in [5.41, 5.74) is 0.650. The first-order chi connectivity index (χ1) is 16.5. The molecule has 0 spiro atoms. The molecule has 4 aromatic carbocycles. The van der Waals surface area contributed by atoms with Gasteiger partial charge in [0.2, 0.25) is 0 Å². The van der Waals surface area contributed by atoms with Crippen LogP contribution in [-0.4, -0.2) is 37.3 Å². The molecule has 1 amide bonds. The number of carbonyl (C=O) groups is 2. The highest BCUT2D eigenvalue weighted by Crippen LogP contribution is 2.28. The maximum atomic E-state index is 12.6. The standard InChI is InChI=1S/C27H23NO6/c1-32-14-15-33-22-12-8-20-17-23(13-9-19(20)16-22)34-21-10-6-18(7-11-21)26(29)28-25-5-3-2-4-24(25)27(30)31/h2-13,16-17H,14-15H2,1H3,(H,28,29)(H,30,31). The van der Waals surface area contributed by atoms with Crippen molar-refractivity contribution in [3.8, 4) is 17.2 Å². The van der Waals surface area contributed by atoms with Crippen molar-refractivity contribution < 1.29 is 28.9 Å². The lowest BCUT2D eigenvalue weighted by molar-refractivity contribution is 0.0698. The SMILES string of the molecule is COCCOc1ccc2cc(Oc3ccc(C(=O)Nc4ccccc4C(=O)O)cc3)ccc2c1. The van der Waals surface area contributed by atoms with Crippen LogP contribution in [0.1, 0.15) is 20.7 Å². The van der Waals surface area contributed by atoms with Crippen LogP contribution < -0.4 is 14.8 Å². The lowest BCUT2D eigenvalue weighted by Crippen LogP contribution is -2.14. The van der Waals surface area contributed by atoms with Crippen molar-refractivity contribution in [3.63, 3.8) is 0 Å². The van der Waals surface area contributed by atoms with Gasteiger partial charge in [0.05, 0.1) is 17.9 Å². The van der Waals surface area contributed by atoms with Crippen LogP contribution in [0, 0.1) is 0 Å². The van der Waals surface area contributed by atoms with Crippen LogP contribution in [0.2, 0.25) is 0 Å². The summed E-state index contributed by atoms with van der Waals surface area (Å²) in [6.45, 7) is 1.02. The van der Waals surface area contributed by atoms with E-state index >= 15 is 0 Å². The maximum absolute atomic E-state index is 12.6. The predicted octanol–water partition coefficient (Wildman–Crippen LogP) is 5.61. The molecule has 0 saturated heterocycles. The Bertz CT molecular complexity index is 1320. The monoisotopic (exact) mass is 457 g/mol. The third kappa shape index (κ3) is 5.51. The van der Waals surface area contributed by atoms with Gasteiger partial charge in [0.15, 0.2) is 0 Å². The van der Waals surface area contributed by atoms with E-state index in [2.05, 4.69) is 5.32 Å². The second-order valence-corrected chi connectivity index (χ2v) is 7.44. The Labute approximate surface area is 196 Å². The van der Waals surface area contributed by atoms with E-state index in [0.717, 1.165) is 16.5 Å². The zero-order valence-corrected chi connectivity index (χ0v) is 18.5. The molecule has 0 aliphatic carbocycles. The Morgan fingerprint density at radius 2 is 1.44 bits per heavy atom. The minimum absolute atomic E-state index is 0.0285. The summed E-state index contributed by atoms with van der Waals surface area (Å²) in [6, 6.07) is 24.5. The van der Waals surface area contributed by atoms with Crippen molar-refractivity contribution in [2.75, 3.05) is 25.6 Å². The van der Waals surface area contributed by atoms with Gasteiger partial charge in [0.25, 0.3) is 5.91 Å². The molecule has 2 N–H and O–H groups in total. The fourth-order valence-electron chi connectivity index (χ4n) is 3.38. The van der Waals surface area contributed by atoms with Gasteiger partial charge >= 0.3 is 5.97 Å². The molecular formula is C27H23NO6. The summed E-state index contributed by atoms with van der Waals surface area (Å²) in [5.74, 6) is 0.493. The van der Waals surface area contributed by atoms with E-state index in [1.165, 1.54) is 6.07 Å². The molecule has 172 valence electrons. The number of benzene rings is 4. The first kappa shape index (κ1) is 22.8. The highest BCUT2D eigenvalue weighted by Gasteiger charge is 2.13. The Balaban J connectivity index is 1.42. The first-order valence-electron chi connectivity index (χ1n) is 10.6. The van der Waals surface area contributed by atoms with Crippen molar-refractivity contribution >= 4 is 28.3 Å². The molecular weight excluding hydrogens is 434 g/mol. The number of carboxylic acids is 1. The third-order valence-electron chi connectivity index (χ3n) is 5.10. The normalized spacial score (nSPS) is 10.6. The number of amides is 1. The fourth-order valence-corrected chi connectivity index (χ4v) is 3.38. The number of hydrogen-bond donors (Lipinski definition) is 2. The van der Waals surface area contributed by atoms with Crippen LogP contribution in [0.25, 0.3) is 10.8 Å². The maximum Gasteiger partial charge on any atom is 0.337 e. The van der Waals surface area contributed by atoms with Crippen LogP contribution in [0.15, 0.2) is 84.9 Å². The number of methoxy groups -OCH3 is 1. The van der Waals surface area contributed by atoms with Crippen LogP contribution in [0.3, 0.4) is 0 Å². The Kier molecular flexibility index (Phi) is 7.05. The molecule has 0 aromatic heterocycles. The van der Waals surface area contributed by atoms with Gasteiger partial charge in [-0.3, -0.25) is 4.79 Å². The van der Waals surface area contributed by atoms with E-state index in [-0.39, 0.29) is 11.3 Å². The highest BCUT2D eigenvalue weighted by atomic mass is 16.5. The molecule has 0 radical (unpaired) electrons. The topological polar surface area (TPSA) is 94.1 Å². The predicted molar refractivity (Wildman–Crippen MR) is 129 cm³/mol. The van der Waals surface area contributed by atoms with Crippen LogP contribution in [0.5, 0.6) is 17.2 Å². The summed E-state index contributed by atoms with van der Waals surface area (Å²) in [4.78, 5) is 23.9. The number of aromatic carboxylic acids is 1. The Morgan fingerprint density at radius 3 is 2.15 bits per heavy atom. The molecule has 0 aliphatic heterocycles. The molecule has 4 rings (SSSR count). The number of carbonyl (C=O) groups excluding carboxylic acids is 1. The minimum atomic E-state index is -1.11. The number of ether oxygens (including phenoxy) is 3. The van der Waals surface area contributed by atoms with E-state index in [1.807, 2.05) is 36.4 Å². The number of carboxylic acid groups (broad SMARTS) is 1. The molecule has 0 heterocycles. The van der Waals surface area contributed by atoms with E-state index in [4.69, 9.17) is 14.2 Å². The molecule has 0 atom stereocenters. The van der Waals surface area contributed by atoms with Gasteiger partial charge in [0.1, 0.15) is 23.9 Å². The molecule has 34 heavy (non-hydrogen) atoms. The fraction of sp³-hybridized carbons (Fsp3) is 0.111. The highest BCUT2D eigenvalue weighted by molar-refractivity contribution is 6.07. The Morgan fingerprint density at radius 1 is 0.794 bits per heavy atom. The van der Waals surface area contributed by atoms with E-state index in [9.17, 15) is 14.7 Å². The molecule has 0 saturated carbocycles. The van der Waals surface area contributed by atoms with Gasteiger partial charge in [-0.15, -0.1) is 0 Å². The van der Waals surface area contributed by atoms with E-state index in [0.29, 0.717) is 30.3 Å². The molecule has 0 unspecified atom stereocenters. The molecule has 4 aromatic rings. The van der Waals surface area contributed by atoms with Gasteiger partial charge in [0, 0.05) is 12.7 Å². The van der Waals surface area contributed by atoms with Crippen molar-refractivity contribution in [2.45, 2.75) is 0 Å². The summed E-state index contributed by atoms with van der Waals surface area (Å²) in [5, 5.41) is 13.9.